The molecular formula is C12H9NO. The summed E-state index contributed by atoms with van der Waals surface area (Å²) in [6.45, 7) is 0. The third-order valence-electron chi connectivity index (χ3n) is 2.35. The van der Waals surface area contributed by atoms with E-state index < -0.39 is 0 Å². The van der Waals surface area contributed by atoms with E-state index >= 15 is 0 Å². The Bertz CT molecular complexity index is 548. The summed E-state index contributed by atoms with van der Waals surface area (Å²) < 4.78 is 5.53. The van der Waals surface area contributed by atoms with E-state index in [-0.39, 0.29) is 0 Å². The second-order valence-electron chi connectivity index (χ2n) is 3.24. The molecule has 2 aromatic heterocycles. The maximum atomic E-state index is 5.53. The van der Waals surface area contributed by atoms with E-state index in [0.717, 1.165) is 22.2 Å². The van der Waals surface area contributed by atoms with Gasteiger partial charge in [0.15, 0.2) is 5.76 Å². The predicted octanol–water partition coefficient (Wildman–Crippen LogP) is 3.43. The quantitative estimate of drug-likeness (QED) is 0.615. The Kier molecular flexibility index (Phi) is 1.47. The Balaban J connectivity index is 2.33. The number of aromatic amines is 1. The Labute approximate surface area is 81.2 Å². The largest absolute Gasteiger partial charge is 0.462 e. The van der Waals surface area contributed by atoms with Gasteiger partial charge in [0, 0.05) is 17.0 Å². The molecule has 0 radical (unpaired) electrons. The maximum Gasteiger partial charge on any atom is 0.157 e. The summed E-state index contributed by atoms with van der Waals surface area (Å²) in [7, 11) is 0. The highest BCUT2D eigenvalue weighted by Crippen LogP contribution is 2.28. The second kappa shape index (κ2) is 2.77. The lowest BCUT2D eigenvalue weighted by atomic mass is 10.1. The minimum Gasteiger partial charge on any atom is -0.462 e. The molecule has 0 atom stereocenters. The van der Waals surface area contributed by atoms with Gasteiger partial charge < -0.3 is 9.40 Å². The lowest BCUT2D eigenvalue weighted by molar-refractivity contribution is 0.585. The zero-order chi connectivity index (χ0) is 9.38. The van der Waals surface area contributed by atoms with Crippen LogP contribution in [0.5, 0.6) is 0 Å². The van der Waals surface area contributed by atoms with Crippen LogP contribution < -0.4 is 0 Å². The minimum atomic E-state index is 0.908. The monoisotopic (exact) mass is 183 g/mol. The third-order valence-corrected chi connectivity index (χ3v) is 2.35. The summed E-state index contributed by atoms with van der Waals surface area (Å²) >= 11 is 0. The Morgan fingerprint density at radius 3 is 2.79 bits per heavy atom. The van der Waals surface area contributed by atoms with Gasteiger partial charge in [-0.05, 0) is 12.1 Å². The molecule has 0 bridgehead atoms. The van der Waals surface area contributed by atoms with Gasteiger partial charge >= 0.3 is 0 Å². The van der Waals surface area contributed by atoms with E-state index in [2.05, 4.69) is 11.1 Å². The van der Waals surface area contributed by atoms with Crippen molar-refractivity contribution in [2.45, 2.75) is 0 Å². The van der Waals surface area contributed by atoms with Gasteiger partial charge in [-0.1, -0.05) is 24.3 Å². The van der Waals surface area contributed by atoms with Gasteiger partial charge in [0.25, 0.3) is 0 Å². The molecule has 0 aliphatic heterocycles. The lowest BCUT2D eigenvalue weighted by Gasteiger charge is -1.92. The van der Waals surface area contributed by atoms with Crippen molar-refractivity contribution in [3.63, 3.8) is 0 Å². The van der Waals surface area contributed by atoms with Crippen LogP contribution in [0.15, 0.2) is 53.3 Å². The number of rotatable bonds is 1. The highest BCUT2D eigenvalue weighted by Gasteiger charge is 2.07. The van der Waals surface area contributed by atoms with Crippen LogP contribution in [0.4, 0.5) is 0 Å². The summed E-state index contributed by atoms with van der Waals surface area (Å²) in [4.78, 5) is 3.14. The molecule has 2 nitrogen and oxygen atoms in total. The van der Waals surface area contributed by atoms with E-state index in [1.807, 2.05) is 36.5 Å². The molecule has 1 N–H and O–H groups in total. The Morgan fingerprint density at radius 2 is 1.93 bits per heavy atom. The molecule has 3 aromatic rings. The van der Waals surface area contributed by atoms with Crippen molar-refractivity contribution in [1.82, 2.24) is 4.98 Å². The van der Waals surface area contributed by atoms with Crippen molar-refractivity contribution in [3.05, 3.63) is 48.9 Å². The molecule has 1 aromatic carbocycles. The molecule has 0 spiro atoms. The Hall–Kier alpha value is -1.96. The van der Waals surface area contributed by atoms with E-state index in [4.69, 9.17) is 4.42 Å². The molecule has 0 amide bonds. The number of hydrogen-bond acceptors (Lipinski definition) is 1. The molecule has 0 unspecified atom stereocenters. The first-order chi connectivity index (χ1) is 6.95. The van der Waals surface area contributed by atoms with Gasteiger partial charge in [-0.3, -0.25) is 0 Å². The van der Waals surface area contributed by atoms with Crippen LogP contribution in [0.25, 0.3) is 22.2 Å². The molecule has 0 aliphatic rings. The molecule has 0 saturated heterocycles. The molecule has 3 rings (SSSR count). The fourth-order valence-corrected chi connectivity index (χ4v) is 1.67. The summed E-state index contributed by atoms with van der Waals surface area (Å²) in [5.74, 6) is 0.908. The van der Waals surface area contributed by atoms with Gasteiger partial charge in [0.2, 0.25) is 0 Å². The number of fused-ring (bicyclic) bond motifs is 1. The third kappa shape index (κ3) is 0.973. The summed E-state index contributed by atoms with van der Waals surface area (Å²) in [5.41, 5.74) is 1.02. The number of H-pyrrole nitrogens is 1. The molecule has 0 aliphatic carbocycles. The average molecular weight is 183 g/mol. The predicted molar refractivity (Wildman–Crippen MR) is 56.0 cm³/mol. The van der Waals surface area contributed by atoms with Crippen LogP contribution in [0.2, 0.25) is 0 Å². The molecule has 0 fully saturated rings. The van der Waals surface area contributed by atoms with Crippen molar-refractivity contribution in [1.29, 1.82) is 0 Å². The van der Waals surface area contributed by atoms with Crippen LogP contribution in [0.1, 0.15) is 0 Å². The molecule has 2 heterocycles. The molecule has 0 saturated carbocycles. The summed E-state index contributed by atoms with van der Waals surface area (Å²) in [6.07, 6.45) is 3.68. The van der Waals surface area contributed by atoms with Crippen molar-refractivity contribution in [2.24, 2.45) is 0 Å². The van der Waals surface area contributed by atoms with Crippen LogP contribution in [-0.2, 0) is 0 Å². The number of benzene rings is 1. The number of hydrogen-bond donors (Lipinski definition) is 1. The van der Waals surface area contributed by atoms with Gasteiger partial charge in [-0.2, -0.15) is 0 Å². The van der Waals surface area contributed by atoms with Crippen LogP contribution >= 0.6 is 0 Å². The van der Waals surface area contributed by atoms with E-state index in [0.29, 0.717) is 0 Å². The highest BCUT2D eigenvalue weighted by atomic mass is 16.3. The minimum absolute atomic E-state index is 0.908. The topological polar surface area (TPSA) is 28.9 Å². The lowest BCUT2D eigenvalue weighted by Crippen LogP contribution is -1.72. The number of furan rings is 1. The molecular weight excluding hydrogens is 174 g/mol. The van der Waals surface area contributed by atoms with Crippen LogP contribution in [-0.4, -0.2) is 4.98 Å². The number of aromatic nitrogens is 1. The maximum absolute atomic E-state index is 5.53. The van der Waals surface area contributed by atoms with E-state index in [9.17, 15) is 0 Å². The van der Waals surface area contributed by atoms with Gasteiger partial charge in [0.1, 0.15) is 0 Å². The Morgan fingerprint density at radius 1 is 1.00 bits per heavy atom. The normalized spacial score (nSPS) is 10.9. The van der Waals surface area contributed by atoms with Crippen LogP contribution in [0, 0.1) is 0 Å². The van der Waals surface area contributed by atoms with Gasteiger partial charge in [-0.25, -0.2) is 0 Å². The summed E-state index contributed by atoms with van der Waals surface area (Å²) in [5, 5.41) is 2.28. The molecule has 14 heavy (non-hydrogen) atoms. The zero-order valence-corrected chi connectivity index (χ0v) is 7.53. The molecule has 2 heteroatoms. The van der Waals surface area contributed by atoms with Crippen molar-refractivity contribution >= 4 is 10.8 Å². The first kappa shape index (κ1) is 7.44. The highest BCUT2D eigenvalue weighted by molar-refractivity contribution is 5.93. The first-order valence-electron chi connectivity index (χ1n) is 4.55. The SMILES string of the molecule is c1c[nH]c(-c2occ3ccccc23)c1. The number of nitrogens with one attached hydrogen (secondary N) is 1. The zero-order valence-electron chi connectivity index (χ0n) is 7.53. The average Bonchev–Trinajstić information content (AvgIpc) is 2.85. The fraction of sp³-hybridized carbons (Fsp3) is 0. The van der Waals surface area contributed by atoms with E-state index in [1.165, 1.54) is 0 Å². The van der Waals surface area contributed by atoms with Crippen LogP contribution in [0.3, 0.4) is 0 Å². The fourth-order valence-electron chi connectivity index (χ4n) is 1.67. The van der Waals surface area contributed by atoms with Crippen molar-refractivity contribution in [2.75, 3.05) is 0 Å². The first-order valence-corrected chi connectivity index (χ1v) is 4.55. The second-order valence-corrected chi connectivity index (χ2v) is 3.24. The molecule has 68 valence electrons. The van der Waals surface area contributed by atoms with Gasteiger partial charge in [-0.15, -0.1) is 0 Å². The smallest absolute Gasteiger partial charge is 0.157 e. The van der Waals surface area contributed by atoms with Crippen molar-refractivity contribution < 1.29 is 4.42 Å². The summed E-state index contributed by atoms with van der Waals surface area (Å²) in [6, 6.07) is 12.1. The van der Waals surface area contributed by atoms with Crippen molar-refractivity contribution in [3.8, 4) is 11.5 Å². The van der Waals surface area contributed by atoms with Gasteiger partial charge in [0.05, 0.1) is 12.0 Å². The standard InChI is InChI=1S/C12H9NO/c1-2-5-10-9(4-1)8-14-12(10)11-6-3-7-13-11/h1-8,13H. The van der Waals surface area contributed by atoms with E-state index in [1.54, 1.807) is 6.26 Å².